The predicted octanol–water partition coefficient (Wildman–Crippen LogP) is 0.885. The van der Waals surface area contributed by atoms with E-state index in [0.29, 0.717) is 6.54 Å². The second-order valence-electron chi connectivity index (χ2n) is 4.08. The number of aliphatic hydroxyl groups excluding tert-OH is 1. The molecule has 0 saturated heterocycles. The molecule has 0 saturated carbocycles. The highest BCUT2D eigenvalue weighted by Crippen LogP contribution is 2.27. The number of benzene rings is 1. The van der Waals surface area contributed by atoms with Gasteiger partial charge in [-0.25, -0.2) is 0 Å². The molecule has 1 heterocycles. The van der Waals surface area contributed by atoms with Crippen LogP contribution >= 0.6 is 0 Å². The molecule has 16 heavy (non-hydrogen) atoms. The Kier molecular flexibility index (Phi) is 3.10. The molecule has 2 rings (SSSR count). The zero-order valence-electron chi connectivity index (χ0n) is 8.97. The van der Waals surface area contributed by atoms with Crippen LogP contribution in [0, 0.1) is 0 Å². The Morgan fingerprint density at radius 1 is 1.44 bits per heavy atom. The standard InChI is InChI=1S/C12H15NO3/c14-10(7-12(15)16)8-13-6-5-9-3-1-2-4-11(9)13/h1-4,10,14H,5-8H2,(H,15,16). The van der Waals surface area contributed by atoms with Crippen molar-refractivity contribution in [3.8, 4) is 0 Å². The van der Waals surface area contributed by atoms with Crippen molar-refractivity contribution in [1.82, 2.24) is 0 Å². The summed E-state index contributed by atoms with van der Waals surface area (Å²) >= 11 is 0. The van der Waals surface area contributed by atoms with Gasteiger partial charge in [-0.1, -0.05) is 18.2 Å². The average Bonchev–Trinajstić information content (AvgIpc) is 2.61. The van der Waals surface area contributed by atoms with Crippen molar-refractivity contribution in [2.75, 3.05) is 18.0 Å². The van der Waals surface area contributed by atoms with Gasteiger partial charge in [0.15, 0.2) is 0 Å². The van der Waals surface area contributed by atoms with Crippen molar-refractivity contribution in [3.05, 3.63) is 29.8 Å². The van der Waals surface area contributed by atoms with Gasteiger partial charge in [-0.2, -0.15) is 0 Å². The highest BCUT2D eigenvalue weighted by atomic mass is 16.4. The Bertz CT molecular complexity index is 392. The van der Waals surface area contributed by atoms with Crippen LogP contribution in [0.3, 0.4) is 0 Å². The molecule has 0 fully saturated rings. The first kappa shape index (κ1) is 11.0. The van der Waals surface area contributed by atoms with Crippen molar-refractivity contribution in [2.45, 2.75) is 18.9 Å². The zero-order valence-corrected chi connectivity index (χ0v) is 8.97. The Morgan fingerprint density at radius 2 is 2.19 bits per heavy atom. The van der Waals surface area contributed by atoms with Crippen LogP contribution in [-0.2, 0) is 11.2 Å². The van der Waals surface area contributed by atoms with Crippen LogP contribution in [-0.4, -0.2) is 35.4 Å². The number of rotatable bonds is 4. The molecule has 0 bridgehead atoms. The summed E-state index contributed by atoms with van der Waals surface area (Å²) < 4.78 is 0. The van der Waals surface area contributed by atoms with Gasteiger partial charge in [-0.15, -0.1) is 0 Å². The van der Waals surface area contributed by atoms with Crippen LogP contribution in [0.1, 0.15) is 12.0 Å². The van der Waals surface area contributed by atoms with E-state index in [0.717, 1.165) is 18.7 Å². The summed E-state index contributed by atoms with van der Waals surface area (Å²) in [6, 6.07) is 8.03. The first-order valence-corrected chi connectivity index (χ1v) is 5.39. The van der Waals surface area contributed by atoms with Gasteiger partial charge in [-0.3, -0.25) is 4.79 Å². The lowest BCUT2D eigenvalue weighted by atomic mass is 10.2. The van der Waals surface area contributed by atoms with Gasteiger partial charge in [-0.05, 0) is 18.1 Å². The largest absolute Gasteiger partial charge is 0.481 e. The lowest BCUT2D eigenvalue weighted by molar-refractivity contribution is -0.139. The summed E-state index contributed by atoms with van der Waals surface area (Å²) in [6.45, 7) is 1.25. The normalized spacial score (nSPS) is 15.9. The number of anilines is 1. The van der Waals surface area contributed by atoms with Crippen molar-refractivity contribution < 1.29 is 15.0 Å². The minimum atomic E-state index is -0.958. The molecule has 1 aliphatic rings. The lowest BCUT2D eigenvalue weighted by Crippen LogP contribution is -2.32. The number of carboxylic acids is 1. The molecule has 4 heteroatoms. The third-order valence-electron chi connectivity index (χ3n) is 2.82. The van der Waals surface area contributed by atoms with Crippen molar-refractivity contribution >= 4 is 11.7 Å². The van der Waals surface area contributed by atoms with Crippen LogP contribution in [0.2, 0.25) is 0 Å². The Hall–Kier alpha value is -1.55. The molecule has 2 N–H and O–H groups in total. The summed E-state index contributed by atoms with van der Waals surface area (Å²) in [5.74, 6) is -0.958. The molecule has 1 aromatic carbocycles. The Balaban J connectivity index is 2.00. The van der Waals surface area contributed by atoms with Crippen LogP contribution < -0.4 is 4.90 Å². The average molecular weight is 221 g/mol. The van der Waals surface area contributed by atoms with E-state index in [9.17, 15) is 9.90 Å². The fraction of sp³-hybridized carbons (Fsp3) is 0.417. The molecule has 86 valence electrons. The Morgan fingerprint density at radius 3 is 2.94 bits per heavy atom. The molecule has 0 amide bonds. The van der Waals surface area contributed by atoms with Gasteiger partial charge < -0.3 is 15.1 Å². The Labute approximate surface area is 94.1 Å². The molecule has 0 aromatic heterocycles. The fourth-order valence-corrected chi connectivity index (χ4v) is 2.12. The molecule has 1 aromatic rings. The second-order valence-corrected chi connectivity index (χ2v) is 4.08. The van der Waals surface area contributed by atoms with Gasteiger partial charge in [0.05, 0.1) is 12.5 Å². The van der Waals surface area contributed by atoms with Crippen molar-refractivity contribution in [3.63, 3.8) is 0 Å². The molecule has 1 atom stereocenters. The number of nitrogens with zero attached hydrogens (tertiary/aromatic N) is 1. The van der Waals surface area contributed by atoms with E-state index >= 15 is 0 Å². The molecule has 4 nitrogen and oxygen atoms in total. The molecule has 1 aliphatic heterocycles. The van der Waals surface area contributed by atoms with E-state index in [-0.39, 0.29) is 6.42 Å². The van der Waals surface area contributed by atoms with E-state index in [2.05, 4.69) is 6.07 Å². The first-order chi connectivity index (χ1) is 7.66. The van der Waals surface area contributed by atoms with Crippen LogP contribution in [0.4, 0.5) is 5.69 Å². The van der Waals surface area contributed by atoms with Gasteiger partial charge in [0.25, 0.3) is 0 Å². The number of hydrogen-bond donors (Lipinski definition) is 2. The van der Waals surface area contributed by atoms with Gasteiger partial charge in [0, 0.05) is 18.8 Å². The maximum atomic E-state index is 10.5. The number of hydrogen-bond acceptors (Lipinski definition) is 3. The number of β-amino-alcohol motifs (C(OH)–C–C–N with tert-alkyl or cyclic N) is 1. The third kappa shape index (κ3) is 2.33. The molecule has 0 aliphatic carbocycles. The number of aliphatic hydroxyl groups is 1. The highest BCUT2D eigenvalue weighted by Gasteiger charge is 2.21. The maximum absolute atomic E-state index is 10.5. The summed E-state index contributed by atoms with van der Waals surface area (Å²) in [6.07, 6.45) is -0.0297. The minimum Gasteiger partial charge on any atom is -0.481 e. The number of carboxylic acid groups (broad SMARTS) is 1. The van der Waals surface area contributed by atoms with Gasteiger partial charge >= 0.3 is 5.97 Å². The monoisotopic (exact) mass is 221 g/mol. The second kappa shape index (κ2) is 4.53. The van der Waals surface area contributed by atoms with Crippen LogP contribution in [0.5, 0.6) is 0 Å². The smallest absolute Gasteiger partial charge is 0.306 e. The SMILES string of the molecule is O=C(O)CC(O)CN1CCc2ccccc21. The van der Waals surface area contributed by atoms with Gasteiger partial charge in [0.1, 0.15) is 0 Å². The maximum Gasteiger partial charge on any atom is 0.306 e. The van der Waals surface area contributed by atoms with Crippen LogP contribution in [0.25, 0.3) is 0 Å². The van der Waals surface area contributed by atoms with E-state index in [1.54, 1.807) is 0 Å². The highest BCUT2D eigenvalue weighted by molar-refractivity contribution is 5.67. The quantitative estimate of drug-likeness (QED) is 0.792. The van der Waals surface area contributed by atoms with Crippen molar-refractivity contribution in [2.24, 2.45) is 0 Å². The lowest BCUT2D eigenvalue weighted by Gasteiger charge is -2.21. The third-order valence-corrected chi connectivity index (χ3v) is 2.82. The van der Waals surface area contributed by atoms with E-state index in [1.165, 1.54) is 5.56 Å². The minimum absolute atomic E-state index is 0.196. The predicted molar refractivity (Wildman–Crippen MR) is 60.6 cm³/mol. The molecule has 0 spiro atoms. The van der Waals surface area contributed by atoms with E-state index in [4.69, 9.17) is 5.11 Å². The number of aliphatic carboxylic acids is 1. The fourth-order valence-electron chi connectivity index (χ4n) is 2.12. The number of carbonyl (C=O) groups is 1. The molecule has 1 unspecified atom stereocenters. The molecule has 0 radical (unpaired) electrons. The summed E-state index contributed by atoms with van der Waals surface area (Å²) in [4.78, 5) is 12.5. The molecular formula is C12H15NO3. The number of para-hydroxylation sites is 1. The summed E-state index contributed by atoms with van der Waals surface area (Å²) in [7, 11) is 0. The van der Waals surface area contributed by atoms with Crippen LogP contribution in [0.15, 0.2) is 24.3 Å². The van der Waals surface area contributed by atoms with E-state index in [1.807, 2.05) is 23.1 Å². The van der Waals surface area contributed by atoms with Gasteiger partial charge in [0.2, 0.25) is 0 Å². The molecular weight excluding hydrogens is 206 g/mol. The van der Waals surface area contributed by atoms with E-state index < -0.39 is 12.1 Å². The summed E-state index contributed by atoms with van der Waals surface area (Å²) in [5.41, 5.74) is 2.39. The topological polar surface area (TPSA) is 60.8 Å². The van der Waals surface area contributed by atoms with Crippen molar-refractivity contribution in [1.29, 1.82) is 0 Å². The first-order valence-electron chi connectivity index (χ1n) is 5.39. The zero-order chi connectivity index (χ0) is 11.5. The summed E-state index contributed by atoms with van der Waals surface area (Å²) in [5, 5.41) is 18.2. The number of fused-ring (bicyclic) bond motifs is 1.